The van der Waals surface area contributed by atoms with Crippen LogP contribution < -0.4 is 10.2 Å². The van der Waals surface area contributed by atoms with Crippen LogP contribution in [0.1, 0.15) is 27.9 Å². The normalized spacial score (nSPS) is 31.5. The van der Waals surface area contributed by atoms with Gasteiger partial charge in [0.2, 0.25) is 11.8 Å². The van der Waals surface area contributed by atoms with Crippen LogP contribution in [0.2, 0.25) is 0 Å². The number of halogens is 1. The molecule has 7 rings (SSSR count). The van der Waals surface area contributed by atoms with Crippen LogP contribution in [0.15, 0.2) is 53.0 Å². The quantitative estimate of drug-likeness (QED) is 0.492. The molecule has 0 radical (unpaired) electrons. The highest BCUT2D eigenvalue weighted by atomic mass is 79.9. The van der Waals surface area contributed by atoms with E-state index in [2.05, 4.69) is 33.4 Å². The van der Waals surface area contributed by atoms with Gasteiger partial charge in [-0.25, -0.2) is 0 Å². The summed E-state index contributed by atoms with van der Waals surface area (Å²) in [6.45, 7) is 3.96. The minimum absolute atomic E-state index is 0.0807. The topological polar surface area (TPSA) is 66.5 Å². The number of nitrogens with zero attached hydrogens (tertiary/aromatic N) is 1. The highest BCUT2D eigenvalue weighted by Crippen LogP contribution is 2.65. The molecule has 162 valence electrons. The lowest BCUT2D eigenvalue weighted by Gasteiger charge is -2.37. The Morgan fingerprint density at radius 2 is 1.50 bits per heavy atom. The molecule has 0 unspecified atom stereocenters. The fourth-order valence-corrected chi connectivity index (χ4v) is 6.52. The van der Waals surface area contributed by atoms with Gasteiger partial charge >= 0.3 is 0 Å². The van der Waals surface area contributed by atoms with Crippen LogP contribution in [-0.2, 0) is 9.59 Å². The number of benzene rings is 2. The smallest absolute Gasteiger partial charge is 0.255 e. The number of anilines is 2. The first-order chi connectivity index (χ1) is 15.4. The predicted molar refractivity (Wildman–Crippen MR) is 125 cm³/mol. The van der Waals surface area contributed by atoms with E-state index in [1.165, 1.54) is 4.90 Å². The van der Waals surface area contributed by atoms with Gasteiger partial charge in [-0.15, -0.1) is 0 Å². The summed E-state index contributed by atoms with van der Waals surface area (Å²) < 4.78 is 0.999. The van der Waals surface area contributed by atoms with Gasteiger partial charge in [-0.05, 0) is 91.5 Å². The van der Waals surface area contributed by atoms with Crippen molar-refractivity contribution in [2.45, 2.75) is 20.3 Å². The van der Waals surface area contributed by atoms with Crippen molar-refractivity contribution in [1.82, 2.24) is 0 Å². The Morgan fingerprint density at radius 3 is 2.09 bits per heavy atom. The molecule has 6 atom stereocenters. The van der Waals surface area contributed by atoms with Crippen molar-refractivity contribution in [3.8, 4) is 0 Å². The van der Waals surface area contributed by atoms with Crippen LogP contribution in [0.25, 0.3) is 0 Å². The molecule has 6 heteroatoms. The van der Waals surface area contributed by atoms with Gasteiger partial charge in [0.1, 0.15) is 0 Å². The molecule has 32 heavy (non-hydrogen) atoms. The summed E-state index contributed by atoms with van der Waals surface area (Å²) in [5.41, 5.74) is 3.87. The van der Waals surface area contributed by atoms with Crippen LogP contribution in [0.4, 0.5) is 11.4 Å². The lowest BCUT2D eigenvalue weighted by molar-refractivity contribution is -0.124. The first kappa shape index (κ1) is 19.9. The van der Waals surface area contributed by atoms with Crippen molar-refractivity contribution in [3.63, 3.8) is 0 Å². The fourth-order valence-electron chi connectivity index (χ4n) is 6.09. The van der Waals surface area contributed by atoms with E-state index < -0.39 is 0 Å². The summed E-state index contributed by atoms with van der Waals surface area (Å²) in [5, 5.41) is 2.96. The van der Waals surface area contributed by atoms with Crippen molar-refractivity contribution in [1.29, 1.82) is 0 Å². The van der Waals surface area contributed by atoms with Gasteiger partial charge in [0.15, 0.2) is 0 Å². The van der Waals surface area contributed by atoms with E-state index in [-0.39, 0.29) is 41.4 Å². The van der Waals surface area contributed by atoms with Gasteiger partial charge in [0.05, 0.1) is 17.5 Å². The minimum Gasteiger partial charge on any atom is -0.322 e. The van der Waals surface area contributed by atoms with E-state index in [4.69, 9.17) is 0 Å². The monoisotopic (exact) mass is 490 g/mol. The molecule has 3 amide bonds. The molecular formula is C26H23BrN2O3. The van der Waals surface area contributed by atoms with E-state index in [9.17, 15) is 14.4 Å². The zero-order valence-electron chi connectivity index (χ0n) is 17.8. The van der Waals surface area contributed by atoms with Crippen molar-refractivity contribution in [2.75, 3.05) is 10.2 Å². The fraction of sp³-hybridized carbons (Fsp3) is 0.346. The number of allylic oxidation sites excluding steroid dienone is 2. The molecule has 2 bridgehead atoms. The molecule has 1 heterocycles. The minimum atomic E-state index is -0.226. The molecule has 3 fully saturated rings. The van der Waals surface area contributed by atoms with Crippen LogP contribution in [0, 0.1) is 49.4 Å². The van der Waals surface area contributed by atoms with Gasteiger partial charge < -0.3 is 5.32 Å². The van der Waals surface area contributed by atoms with Gasteiger partial charge in [0, 0.05) is 15.7 Å². The van der Waals surface area contributed by atoms with E-state index in [0.717, 1.165) is 27.7 Å². The maximum Gasteiger partial charge on any atom is 0.255 e. The Labute approximate surface area is 195 Å². The molecule has 5 aliphatic rings. The van der Waals surface area contributed by atoms with Crippen molar-refractivity contribution >= 4 is 45.0 Å². The van der Waals surface area contributed by atoms with Crippen molar-refractivity contribution < 1.29 is 14.4 Å². The van der Waals surface area contributed by atoms with E-state index in [0.29, 0.717) is 23.1 Å². The second-order valence-corrected chi connectivity index (χ2v) is 10.4. The molecule has 0 aromatic heterocycles. The van der Waals surface area contributed by atoms with Crippen LogP contribution in [0.3, 0.4) is 0 Å². The van der Waals surface area contributed by atoms with Crippen LogP contribution in [0.5, 0.6) is 0 Å². The second kappa shape index (κ2) is 6.88. The molecule has 2 aromatic rings. The van der Waals surface area contributed by atoms with Crippen molar-refractivity contribution in [2.24, 2.45) is 35.5 Å². The number of nitrogens with one attached hydrogen (secondary N) is 1. The molecule has 0 spiro atoms. The van der Waals surface area contributed by atoms with E-state index >= 15 is 0 Å². The number of hydrogen-bond donors (Lipinski definition) is 1. The molecule has 2 saturated carbocycles. The Kier molecular flexibility index (Phi) is 4.28. The summed E-state index contributed by atoms with van der Waals surface area (Å²) in [6.07, 6.45) is 5.50. The molecule has 1 N–H and O–H groups in total. The summed E-state index contributed by atoms with van der Waals surface area (Å²) in [7, 11) is 0. The van der Waals surface area contributed by atoms with Crippen LogP contribution in [-0.4, -0.2) is 17.7 Å². The Hall–Kier alpha value is -2.73. The zero-order valence-corrected chi connectivity index (χ0v) is 19.4. The largest absolute Gasteiger partial charge is 0.322 e. The number of rotatable bonds is 3. The number of amides is 3. The number of hydrogen-bond acceptors (Lipinski definition) is 3. The molecule has 5 nitrogen and oxygen atoms in total. The van der Waals surface area contributed by atoms with Gasteiger partial charge in [-0.2, -0.15) is 0 Å². The maximum atomic E-state index is 13.2. The van der Waals surface area contributed by atoms with Gasteiger partial charge in [0.25, 0.3) is 5.91 Å². The molecular weight excluding hydrogens is 468 g/mol. The number of carbonyl (C=O) groups excluding carboxylic acids is 3. The number of carbonyl (C=O) groups is 3. The zero-order chi connectivity index (χ0) is 22.3. The predicted octanol–water partition coefficient (Wildman–Crippen LogP) is 4.88. The third-order valence-corrected chi connectivity index (χ3v) is 8.88. The second-order valence-electron chi connectivity index (χ2n) is 9.51. The summed E-state index contributed by atoms with van der Waals surface area (Å²) in [5.74, 6) is 0.764. The molecule has 2 aromatic carbocycles. The third kappa shape index (κ3) is 2.71. The Bertz CT molecular complexity index is 1180. The highest BCUT2D eigenvalue weighted by Gasteiger charge is 2.67. The standard InChI is InChI=1S/C26H23BrN2O3/c1-12-13(2)21(10-9-20(12)27)28-24(30)14-3-5-15(6-4-14)29-25(31)22-16-7-8-17(19-11-18(16)19)23(22)26(29)32/h3-10,16-19,22-23H,11H2,1-2H3,(H,28,30)/t16-,17-,18-,19-,22-,23+/m1/s1. The summed E-state index contributed by atoms with van der Waals surface area (Å²) >= 11 is 3.50. The van der Waals surface area contributed by atoms with Gasteiger partial charge in [-0.1, -0.05) is 28.1 Å². The molecule has 1 saturated heterocycles. The first-order valence-electron chi connectivity index (χ1n) is 11.1. The van der Waals surface area contributed by atoms with Crippen molar-refractivity contribution in [3.05, 3.63) is 69.7 Å². The number of imide groups is 1. The summed E-state index contributed by atoms with van der Waals surface area (Å²) in [6, 6.07) is 10.6. The average Bonchev–Trinajstić information content (AvgIpc) is 3.58. The molecule has 4 aliphatic carbocycles. The van der Waals surface area contributed by atoms with E-state index in [1.54, 1.807) is 24.3 Å². The lowest BCUT2D eigenvalue weighted by atomic mass is 9.63. The average molecular weight is 491 g/mol. The first-order valence-corrected chi connectivity index (χ1v) is 11.9. The highest BCUT2D eigenvalue weighted by molar-refractivity contribution is 9.10. The van der Waals surface area contributed by atoms with Gasteiger partial charge in [-0.3, -0.25) is 19.3 Å². The van der Waals surface area contributed by atoms with E-state index in [1.807, 2.05) is 26.0 Å². The lowest BCUT2D eigenvalue weighted by Crippen LogP contribution is -2.40. The SMILES string of the molecule is Cc1c(Br)ccc(NC(=O)c2ccc(N3C(=O)[C@@H]4[C@@H]5C=C[C@H]([C@H]6C[C@H]56)[C@@H]4C3=O)cc2)c1C. The summed E-state index contributed by atoms with van der Waals surface area (Å²) in [4.78, 5) is 40.6. The molecule has 1 aliphatic heterocycles. The Balaban J connectivity index is 1.23. The van der Waals surface area contributed by atoms with Crippen LogP contribution >= 0.6 is 15.9 Å². The maximum absolute atomic E-state index is 13.2. The Morgan fingerprint density at radius 1 is 0.906 bits per heavy atom. The third-order valence-electron chi connectivity index (χ3n) is 8.02.